The largest absolute Gasteiger partial charge is 0.398 e. The second kappa shape index (κ2) is 4.36. The minimum atomic E-state index is -0.552. The standard InChI is InChI=1S/C9H9BrN4OS/c10-4-1-2-6(11)5(3-4)7-8(15)12-9(16)14-13-7/h1-3,7,13H,11H2,(H2,12,14,15,16). The molecular weight excluding hydrogens is 292 g/mol. The van der Waals surface area contributed by atoms with E-state index in [4.69, 9.17) is 18.0 Å². The van der Waals surface area contributed by atoms with E-state index in [0.29, 0.717) is 11.3 Å². The first-order chi connectivity index (χ1) is 7.58. The number of benzene rings is 1. The Morgan fingerprint density at radius 2 is 2.19 bits per heavy atom. The number of hydrazine groups is 1. The zero-order valence-electron chi connectivity index (χ0n) is 8.08. The SMILES string of the molecule is Nc1ccc(Br)cc1C1NNC(=S)NC1=O. The van der Waals surface area contributed by atoms with Gasteiger partial charge in [-0.2, -0.15) is 0 Å². The van der Waals surface area contributed by atoms with Gasteiger partial charge in [-0.15, -0.1) is 0 Å². The predicted octanol–water partition coefficient (Wildman–Crippen LogP) is 0.581. The van der Waals surface area contributed by atoms with Crippen LogP contribution in [-0.2, 0) is 4.79 Å². The molecule has 1 atom stereocenters. The summed E-state index contributed by atoms with van der Waals surface area (Å²) in [6, 6.07) is 4.80. The zero-order valence-corrected chi connectivity index (χ0v) is 10.5. The van der Waals surface area contributed by atoms with E-state index >= 15 is 0 Å². The van der Waals surface area contributed by atoms with Crippen LogP contribution in [0.15, 0.2) is 22.7 Å². The maximum atomic E-state index is 11.7. The highest BCUT2D eigenvalue weighted by Crippen LogP contribution is 2.25. The first-order valence-corrected chi connectivity index (χ1v) is 5.69. The number of anilines is 1. The van der Waals surface area contributed by atoms with Crippen LogP contribution in [-0.4, -0.2) is 11.0 Å². The molecule has 0 bridgehead atoms. The van der Waals surface area contributed by atoms with Crippen molar-refractivity contribution in [2.75, 3.05) is 5.73 Å². The van der Waals surface area contributed by atoms with Gasteiger partial charge in [-0.25, -0.2) is 5.43 Å². The van der Waals surface area contributed by atoms with Crippen LogP contribution in [0.5, 0.6) is 0 Å². The van der Waals surface area contributed by atoms with Gasteiger partial charge < -0.3 is 11.1 Å². The molecule has 7 heteroatoms. The third-order valence-electron chi connectivity index (χ3n) is 2.19. The Labute approximate surface area is 106 Å². The number of amides is 1. The monoisotopic (exact) mass is 300 g/mol. The summed E-state index contributed by atoms with van der Waals surface area (Å²) in [4.78, 5) is 11.7. The predicted molar refractivity (Wildman–Crippen MR) is 68.3 cm³/mol. The van der Waals surface area contributed by atoms with E-state index in [2.05, 4.69) is 32.1 Å². The highest BCUT2D eigenvalue weighted by atomic mass is 79.9. The number of carbonyl (C=O) groups is 1. The number of hydrogen-bond acceptors (Lipinski definition) is 4. The van der Waals surface area contributed by atoms with Crippen molar-refractivity contribution >= 4 is 44.9 Å². The van der Waals surface area contributed by atoms with Gasteiger partial charge in [0.2, 0.25) is 5.91 Å². The minimum Gasteiger partial charge on any atom is -0.398 e. The van der Waals surface area contributed by atoms with Crippen LogP contribution in [0.2, 0.25) is 0 Å². The van der Waals surface area contributed by atoms with Gasteiger partial charge in [0.15, 0.2) is 5.11 Å². The fourth-order valence-corrected chi connectivity index (χ4v) is 1.97. The van der Waals surface area contributed by atoms with Crippen LogP contribution in [0.3, 0.4) is 0 Å². The lowest BCUT2D eigenvalue weighted by Gasteiger charge is -2.26. The van der Waals surface area contributed by atoms with Gasteiger partial charge in [0.05, 0.1) is 0 Å². The summed E-state index contributed by atoms with van der Waals surface area (Å²) in [5.74, 6) is -0.228. The minimum absolute atomic E-state index is 0.228. The molecule has 2 rings (SSSR count). The third-order valence-corrected chi connectivity index (χ3v) is 2.89. The summed E-state index contributed by atoms with van der Waals surface area (Å²) < 4.78 is 0.861. The molecule has 5 N–H and O–H groups in total. The molecule has 0 radical (unpaired) electrons. The number of rotatable bonds is 1. The zero-order chi connectivity index (χ0) is 11.7. The van der Waals surface area contributed by atoms with Crippen molar-refractivity contribution < 1.29 is 4.79 Å². The molecule has 1 aromatic rings. The van der Waals surface area contributed by atoms with Crippen LogP contribution >= 0.6 is 28.1 Å². The van der Waals surface area contributed by atoms with E-state index in [1.807, 2.05) is 6.07 Å². The van der Waals surface area contributed by atoms with Gasteiger partial charge >= 0.3 is 0 Å². The third kappa shape index (κ3) is 2.16. The van der Waals surface area contributed by atoms with Crippen LogP contribution in [0.4, 0.5) is 5.69 Å². The van der Waals surface area contributed by atoms with E-state index < -0.39 is 6.04 Å². The molecule has 1 aliphatic rings. The lowest BCUT2D eigenvalue weighted by Crippen LogP contribution is -2.58. The van der Waals surface area contributed by atoms with E-state index in [9.17, 15) is 4.79 Å². The summed E-state index contributed by atoms with van der Waals surface area (Å²) in [5.41, 5.74) is 12.5. The fraction of sp³-hybridized carbons (Fsp3) is 0.111. The summed E-state index contributed by atoms with van der Waals surface area (Å²) in [6.07, 6.45) is 0. The first-order valence-electron chi connectivity index (χ1n) is 4.49. The average molecular weight is 301 g/mol. The molecule has 0 aliphatic carbocycles. The van der Waals surface area contributed by atoms with Crippen molar-refractivity contribution in [3.05, 3.63) is 28.2 Å². The Kier molecular flexibility index (Phi) is 3.08. The Balaban J connectivity index is 2.33. The molecule has 1 saturated heterocycles. The highest BCUT2D eigenvalue weighted by molar-refractivity contribution is 9.10. The number of nitrogens with one attached hydrogen (secondary N) is 3. The second-order valence-electron chi connectivity index (χ2n) is 3.29. The summed E-state index contributed by atoms with van der Waals surface area (Å²) in [7, 11) is 0. The molecule has 16 heavy (non-hydrogen) atoms. The van der Waals surface area contributed by atoms with Gasteiger partial charge in [-0.3, -0.25) is 10.2 Å². The van der Waals surface area contributed by atoms with Crippen molar-refractivity contribution in [1.29, 1.82) is 0 Å². The van der Waals surface area contributed by atoms with Gasteiger partial charge in [0.1, 0.15) is 6.04 Å². The van der Waals surface area contributed by atoms with Gasteiger partial charge in [-0.05, 0) is 30.4 Å². The molecular formula is C9H9BrN4OS. The fourth-order valence-electron chi connectivity index (χ4n) is 1.43. The number of nitrogen functional groups attached to an aromatic ring is 1. The normalized spacial score (nSPS) is 20.2. The molecule has 1 heterocycles. The van der Waals surface area contributed by atoms with Gasteiger partial charge in [-0.1, -0.05) is 15.9 Å². The molecule has 0 aromatic heterocycles. The van der Waals surface area contributed by atoms with E-state index in [1.54, 1.807) is 12.1 Å². The number of hydrogen-bond donors (Lipinski definition) is 4. The molecule has 84 valence electrons. The van der Waals surface area contributed by atoms with Crippen molar-refractivity contribution in [1.82, 2.24) is 16.2 Å². The molecule has 1 fully saturated rings. The Bertz CT molecular complexity index is 465. The quantitative estimate of drug-likeness (QED) is 0.451. The molecule has 5 nitrogen and oxygen atoms in total. The Morgan fingerprint density at radius 1 is 1.44 bits per heavy atom. The highest BCUT2D eigenvalue weighted by Gasteiger charge is 2.27. The second-order valence-corrected chi connectivity index (χ2v) is 4.62. The van der Waals surface area contributed by atoms with Crippen molar-refractivity contribution in [2.45, 2.75) is 6.04 Å². The molecule has 0 saturated carbocycles. The van der Waals surface area contributed by atoms with E-state index in [1.165, 1.54) is 0 Å². The van der Waals surface area contributed by atoms with Crippen LogP contribution in [0, 0.1) is 0 Å². The van der Waals surface area contributed by atoms with Crippen LogP contribution in [0.1, 0.15) is 11.6 Å². The number of halogens is 1. The van der Waals surface area contributed by atoms with Gasteiger partial charge in [0.25, 0.3) is 0 Å². The van der Waals surface area contributed by atoms with E-state index in [-0.39, 0.29) is 11.0 Å². The summed E-state index contributed by atoms with van der Waals surface area (Å²) >= 11 is 8.13. The average Bonchev–Trinajstić information content (AvgIpc) is 2.22. The molecule has 1 amide bonds. The Morgan fingerprint density at radius 3 is 2.88 bits per heavy atom. The lowest BCUT2D eigenvalue weighted by atomic mass is 10.0. The van der Waals surface area contributed by atoms with Crippen molar-refractivity contribution in [3.8, 4) is 0 Å². The number of nitrogens with two attached hydrogens (primary N) is 1. The summed E-state index contributed by atoms with van der Waals surface area (Å²) in [6.45, 7) is 0. The van der Waals surface area contributed by atoms with Crippen molar-refractivity contribution in [3.63, 3.8) is 0 Å². The molecule has 0 spiro atoms. The molecule has 1 aromatic carbocycles. The molecule has 1 aliphatic heterocycles. The smallest absolute Gasteiger partial charge is 0.249 e. The number of carbonyl (C=O) groups excluding carboxylic acids is 1. The maximum absolute atomic E-state index is 11.7. The maximum Gasteiger partial charge on any atom is 0.249 e. The van der Waals surface area contributed by atoms with Crippen molar-refractivity contribution in [2.24, 2.45) is 0 Å². The number of thiocarbonyl (C=S) groups is 1. The Hall–Kier alpha value is -1.18. The van der Waals surface area contributed by atoms with Gasteiger partial charge in [0, 0.05) is 15.7 Å². The van der Waals surface area contributed by atoms with Crippen LogP contribution in [0.25, 0.3) is 0 Å². The molecule has 1 unspecified atom stereocenters. The van der Waals surface area contributed by atoms with E-state index in [0.717, 1.165) is 4.47 Å². The lowest BCUT2D eigenvalue weighted by molar-refractivity contribution is -0.122. The first kappa shape index (κ1) is 11.3. The topological polar surface area (TPSA) is 79.2 Å². The summed E-state index contributed by atoms with van der Waals surface area (Å²) in [5, 5.41) is 2.78. The van der Waals surface area contributed by atoms with Crippen LogP contribution < -0.4 is 21.9 Å².